The number of hydrogen-bond donors (Lipinski definition) is 1. The highest BCUT2D eigenvalue weighted by atomic mass is 32.2. The fourth-order valence-electron chi connectivity index (χ4n) is 3.92. The largest absolute Gasteiger partial charge is 0.382 e. The quantitative estimate of drug-likeness (QED) is 0.396. The van der Waals surface area contributed by atoms with Crippen LogP contribution in [0.25, 0.3) is 11.3 Å². The van der Waals surface area contributed by atoms with Gasteiger partial charge in [-0.15, -0.1) is 11.3 Å². The molecule has 0 bridgehead atoms. The second-order valence-corrected chi connectivity index (χ2v) is 9.96. The molecule has 178 valence electrons. The number of aliphatic imine (C=N–C) groups is 1. The Morgan fingerprint density at radius 3 is 2.60 bits per heavy atom. The molecule has 3 heterocycles. The minimum atomic E-state index is -1.77. The average molecular weight is 512 g/mol. The number of nitrogens with zero attached hydrogens (tertiary/aromatic N) is 5. The standard InChI is InChI=1S/C24H19F2N5O2S2/c1-14(24(33,11-31-13-27-12-28-31)18-7-6-17(25)8-19(18)26)22-29-20(9-34-22)15-2-4-16(5-3-15)23-30-21(32)10-35-23/h2-9,12-14,33H,10-11H2,1H3/t14-,24+/m0/s1. The molecule has 2 aromatic carbocycles. The van der Waals surface area contributed by atoms with E-state index in [0.29, 0.717) is 21.5 Å². The number of thioether (sulfide) groups is 1. The van der Waals surface area contributed by atoms with Gasteiger partial charge in [0, 0.05) is 34.1 Å². The van der Waals surface area contributed by atoms with E-state index in [1.807, 2.05) is 29.6 Å². The molecule has 11 heteroatoms. The molecule has 1 aliphatic heterocycles. The number of carbonyl (C=O) groups excluding carboxylic acids is 1. The zero-order valence-corrected chi connectivity index (χ0v) is 20.1. The van der Waals surface area contributed by atoms with E-state index in [0.717, 1.165) is 23.3 Å². The molecule has 0 fully saturated rings. The number of hydrogen-bond acceptors (Lipinski definition) is 7. The molecule has 2 atom stereocenters. The van der Waals surface area contributed by atoms with E-state index in [1.54, 1.807) is 6.92 Å². The lowest BCUT2D eigenvalue weighted by atomic mass is 9.82. The molecular formula is C24H19F2N5O2S2. The van der Waals surface area contributed by atoms with Crippen LogP contribution < -0.4 is 0 Å². The van der Waals surface area contributed by atoms with Gasteiger partial charge in [0.25, 0.3) is 5.91 Å². The van der Waals surface area contributed by atoms with Crippen LogP contribution in [0.4, 0.5) is 8.78 Å². The van der Waals surface area contributed by atoms with Gasteiger partial charge in [-0.2, -0.15) is 5.10 Å². The summed E-state index contributed by atoms with van der Waals surface area (Å²) in [7, 11) is 0. The van der Waals surface area contributed by atoms with Crippen LogP contribution in [0.5, 0.6) is 0 Å². The van der Waals surface area contributed by atoms with Gasteiger partial charge in [-0.3, -0.25) is 4.79 Å². The first-order chi connectivity index (χ1) is 16.8. The number of aromatic nitrogens is 4. The third-order valence-electron chi connectivity index (χ3n) is 5.86. The molecule has 5 rings (SSSR count). The Bertz CT molecular complexity index is 1410. The predicted molar refractivity (Wildman–Crippen MR) is 130 cm³/mol. The van der Waals surface area contributed by atoms with Crippen LogP contribution in [-0.2, 0) is 16.9 Å². The highest BCUT2D eigenvalue weighted by molar-refractivity contribution is 8.15. The predicted octanol–water partition coefficient (Wildman–Crippen LogP) is 4.39. The second-order valence-electron chi connectivity index (χ2n) is 8.11. The first-order valence-electron chi connectivity index (χ1n) is 10.6. The lowest BCUT2D eigenvalue weighted by molar-refractivity contribution is -0.115. The fraction of sp³-hybridized carbons (Fsp3) is 0.208. The van der Waals surface area contributed by atoms with E-state index in [1.165, 1.54) is 46.5 Å². The van der Waals surface area contributed by atoms with Gasteiger partial charge in [0.1, 0.15) is 34.9 Å². The summed E-state index contributed by atoms with van der Waals surface area (Å²) in [5, 5.41) is 19.0. The fourth-order valence-corrected chi connectivity index (χ4v) is 5.69. The average Bonchev–Trinajstić information content (AvgIpc) is 3.61. The number of rotatable bonds is 7. The summed E-state index contributed by atoms with van der Waals surface area (Å²) in [6.45, 7) is 1.65. The second kappa shape index (κ2) is 9.40. The van der Waals surface area contributed by atoms with Gasteiger partial charge in [-0.25, -0.2) is 28.4 Å². The Labute approximate surface area is 207 Å². The van der Waals surface area contributed by atoms with Crippen LogP contribution in [0.15, 0.2) is 65.5 Å². The maximum atomic E-state index is 14.8. The van der Waals surface area contributed by atoms with Gasteiger partial charge in [-0.05, 0) is 6.07 Å². The summed E-state index contributed by atoms with van der Waals surface area (Å²) < 4.78 is 29.8. The van der Waals surface area contributed by atoms with Crippen LogP contribution in [0, 0.1) is 11.6 Å². The van der Waals surface area contributed by atoms with Gasteiger partial charge >= 0.3 is 0 Å². The van der Waals surface area contributed by atoms with Crippen molar-refractivity contribution >= 4 is 34.0 Å². The Hall–Kier alpha value is -3.28. The topological polar surface area (TPSA) is 93.3 Å². The summed E-state index contributed by atoms with van der Waals surface area (Å²) in [4.78, 5) is 24.0. The van der Waals surface area contributed by atoms with Crippen molar-refractivity contribution in [2.24, 2.45) is 4.99 Å². The molecule has 1 amide bonds. The maximum absolute atomic E-state index is 14.8. The summed E-state index contributed by atoms with van der Waals surface area (Å²) in [5.41, 5.74) is 0.596. The number of benzene rings is 2. The van der Waals surface area contributed by atoms with Crippen LogP contribution >= 0.6 is 23.1 Å². The molecule has 7 nitrogen and oxygen atoms in total. The molecule has 0 saturated carbocycles. The highest BCUT2D eigenvalue weighted by Crippen LogP contribution is 2.41. The van der Waals surface area contributed by atoms with E-state index < -0.39 is 23.2 Å². The minimum absolute atomic E-state index is 0.0487. The first kappa shape index (κ1) is 23.5. The van der Waals surface area contributed by atoms with E-state index in [9.17, 15) is 18.7 Å². The summed E-state index contributed by atoms with van der Waals surface area (Å²) in [6, 6.07) is 10.7. The van der Waals surface area contributed by atoms with Crippen molar-refractivity contribution < 1.29 is 18.7 Å². The number of aliphatic hydroxyl groups is 1. The highest BCUT2D eigenvalue weighted by Gasteiger charge is 2.41. The number of amides is 1. The van der Waals surface area contributed by atoms with Crippen molar-refractivity contribution in [1.82, 2.24) is 19.7 Å². The van der Waals surface area contributed by atoms with Crippen molar-refractivity contribution in [3.8, 4) is 11.3 Å². The third kappa shape index (κ3) is 4.66. The molecule has 0 saturated heterocycles. The molecule has 2 aromatic heterocycles. The Morgan fingerprint density at radius 2 is 1.94 bits per heavy atom. The van der Waals surface area contributed by atoms with Crippen LogP contribution in [0.2, 0.25) is 0 Å². The third-order valence-corrected chi connectivity index (χ3v) is 7.88. The van der Waals surface area contributed by atoms with Crippen LogP contribution in [0.1, 0.15) is 29.0 Å². The van der Waals surface area contributed by atoms with Crippen molar-refractivity contribution in [3.63, 3.8) is 0 Å². The molecule has 1 aliphatic rings. The molecule has 0 unspecified atom stereocenters. The lowest BCUT2D eigenvalue weighted by Gasteiger charge is -2.33. The van der Waals surface area contributed by atoms with E-state index in [2.05, 4.69) is 15.1 Å². The van der Waals surface area contributed by atoms with Gasteiger partial charge in [-0.1, -0.05) is 49.0 Å². The maximum Gasteiger partial charge on any atom is 0.257 e. The number of thiazole rings is 1. The normalized spacial score (nSPS) is 16.2. The summed E-state index contributed by atoms with van der Waals surface area (Å²) in [6.07, 6.45) is 2.75. The van der Waals surface area contributed by atoms with E-state index in [4.69, 9.17) is 4.98 Å². The van der Waals surface area contributed by atoms with Gasteiger partial charge in [0.15, 0.2) is 0 Å². The SMILES string of the molecule is C[C@@H](c1nc(-c2ccc(C3=NC(=O)CS3)cc2)cs1)[C@](O)(Cn1cncn1)c1ccc(F)cc1F. The Morgan fingerprint density at radius 1 is 1.17 bits per heavy atom. The van der Waals surface area contributed by atoms with Crippen molar-refractivity contribution in [3.05, 3.63) is 88.3 Å². The smallest absolute Gasteiger partial charge is 0.257 e. The van der Waals surface area contributed by atoms with Crippen molar-refractivity contribution in [2.45, 2.75) is 25.0 Å². The molecule has 0 radical (unpaired) electrons. The van der Waals surface area contributed by atoms with Gasteiger partial charge in [0.2, 0.25) is 0 Å². The monoisotopic (exact) mass is 511 g/mol. The van der Waals surface area contributed by atoms with E-state index >= 15 is 0 Å². The number of halogens is 2. The molecule has 0 spiro atoms. The Balaban J connectivity index is 1.46. The van der Waals surface area contributed by atoms with Crippen molar-refractivity contribution in [1.29, 1.82) is 0 Å². The molecule has 0 aliphatic carbocycles. The first-order valence-corrected chi connectivity index (χ1v) is 12.5. The van der Waals surface area contributed by atoms with Crippen LogP contribution in [-0.4, -0.2) is 41.6 Å². The minimum Gasteiger partial charge on any atom is -0.382 e. The molecule has 4 aromatic rings. The molecule has 1 N–H and O–H groups in total. The summed E-state index contributed by atoms with van der Waals surface area (Å²) >= 11 is 2.75. The van der Waals surface area contributed by atoms with Gasteiger partial charge < -0.3 is 5.11 Å². The lowest BCUT2D eigenvalue weighted by Crippen LogP contribution is -2.38. The van der Waals surface area contributed by atoms with Gasteiger partial charge in [0.05, 0.1) is 23.0 Å². The van der Waals surface area contributed by atoms with E-state index in [-0.39, 0.29) is 18.0 Å². The van der Waals surface area contributed by atoms with Crippen LogP contribution in [0.3, 0.4) is 0 Å². The van der Waals surface area contributed by atoms with Crippen molar-refractivity contribution in [2.75, 3.05) is 5.75 Å². The molecular weight excluding hydrogens is 492 g/mol. The Kier molecular flexibility index (Phi) is 6.30. The molecule has 35 heavy (non-hydrogen) atoms. The zero-order chi connectivity index (χ0) is 24.6. The number of carbonyl (C=O) groups is 1. The zero-order valence-electron chi connectivity index (χ0n) is 18.4. The summed E-state index contributed by atoms with van der Waals surface area (Å²) in [5.74, 6) is -2.01.